The zero-order chi connectivity index (χ0) is 11.7. The monoisotopic (exact) mass is 215 g/mol. The van der Waals surface area contributed by atoms with E-state index in [1.165, 1.54) is 19.5 Å². The minimum Gasteiger partial charge on any atom is -0.314 e. The second-order valence-corrected chi connectivity index (χ2v) is 4.68. The highest BCUT2D eigenvalue weighted by molar-refractivity contribution is 4.63. The van der Waals surface area contributed by atoms with Crippen LogP contribution in [-0.4, -0.2) is 62.7 Å². The molecule has 92 valence electrons. The van der Waals surface area contributed by atoms with Gasteiger partial charge in [-0.2, -0.15) is 0 Å². The van der Waals surface area contributed by atoms with Crippen LogP contribution in [0.4, 0.5) is 0 Å². The van der Waals surface area contributed by atoms with Gasteiger partial charge in [-0.3, -0.25) is 4.90 Å². The maximum atomic E-state index is 3.48. The SMILES string of the molecule is CCCN(CCNCCN(C)C)C(C)C. The van der Waals surface area contributed by atoms with Crippen LogP contribution in [0.2, 0.25) is 0 Å². The van der Waals surface area contributed by atoms with E-state index in [1.54, 1.807) is 0 Å². The van der Waals surface area contributed by atoms with Crippen molar-refractivity contribution in [1.29, 1.82) is 0 Å². The van der Waals surface area contributed by atoms with Gasteiger partial charge in [0.15, 0.2) is 0 Å². The molecule has 0 aromatic rings. The summed E-state index contributed by atoms with van der Waals surface area (Å²) < 4.78 is 0. The van der Waals surface area contributed by atoms with Gasteiger partial charge in [0.2, 0.25) is 0 Å². The molecule has 0 aliphatic heterocycles. The molecular weight excluding hydrogens is 186 g/mol. The molecule has 0 aromatic heterocycles. The zero-order valence-electron chi connectivity index (χ0n) is 11.2. The summed E-state index contributed by atoms with van der Waals surface area (Å²) in [6, 6.07) is 0.667. The fourth-order valence-corrected chi connectivity index (χ4v) is 1.57. The highest BCUT2D eigenvalue weighted by atomic mass is 15.2. The van der Waals surface area contributed by atoms with Crippen LogP contribution in [0.15, 0.2) is 0 Å². The van der Waals surface area contributed by atoms with Crippen LogP contribution in [-0.2, 0) is 0 Å². The Bertz CT molecular complexity index is 135. The topological polar surface area (TPSA) is 18.5 Å². The molecule has 0 spiro atoms. The van der Waals surface area contributed by atoms with Crippen LogP contribution in [0.1, 0.15) is 27.2 Å². The molecule has 0 aliphatic rings. The van der Waals surface area contributed by atoms with E-state index in [4.69, 9.17) is 0 Å². The van der Waals surface area contributed by atoms with Crippen molar-refractivity contribution in [2.75, 3.05) is 46.8 Å². The lowest BCUT2D eigenvalue weighted by atomic mass is 10.3. The molecule has 0 aromatic carbocycles. The van der Waals surface area contributed by atoms with Gasteiger partial charge < -0.3 is 10.2 Å². The molecule has 0 saturated heterocycles. The van der Waals surface area contributed by atoms with E-state index in [0.717, 1.165) is 19.6 Å². The quantitative estimate of drug-likeness (QED) is 0.584. The molecule has 0 atom stereocenters. The molecule has 0 amide bonds. The largest absolute Gasteiger partial charge is 0.314 e. The maximum Gasteiger partial charge on any atom is 0.0110 e. The summed E-state index contributed by atoms with van der Waals surface area (Å²) >= 11 is 0. The lowest BCUT2D eigenvalue weighted by molar-refractivity contribution is 0.221. The van der Waals surface area contributed by atoms with Crippen molar-refractivity contribution >= 4 is 0 Å². The summed E-state index contributed by atoms with van der Waals surface area (Å²) in [5, 5.41) is 3.48. The first-order valence-electron chi connectivity index (χ1n) is 6.17. The normalized spacial score (nSPS) is 12.0. The Hall–Kier alpha value is -0.120. The van der Waals surface area contributed by atoms with E-state index in [-0.39, 0.29) is 0 Å². The third kappa shape index (κ3) is 8.85. The molecule has 3 heteroatoms. The Labute approximate surface area is 95.8 Å². The Morgan fingerprint density at radius 2 is 1.60 bits per heavy atom. The summed E-state index contributed by atoms with van der Waals surface area (Å²) in [4.78, 5) is 4.74. The molecule has 0 radical (unpaired) electrons. The van der Waals surface area contributed by atoms with Crippen LogP contribution < -0.4 is 5.32 Å². The second-order valence-electron chi connectivity index (χ2n) is 4.68. The molecule has 0 heterocycles. The van der Waals surface area contributed by atoms with Gasteiger partial charge in [-0.1, -0.05) is 6.92 Å². The van der Waals surface area contributed by atoms with E-state index in [2.05, 4.69) is 50.0 Å². The van der Waals surface area contributed by atoms with Crippen molar-refractivity contribution in [2.24, 2.45) is 0 Å². The molecule has 0 rings (SSSR count). The van der Waals surface area contributed by atoms with Gasteiger partial charge in [0, 0.05) is 32.2 Å². The van der Waals surface area contributed by atoms with E-state index in [9.17, 15) is 0 Å². The van der Waals surface area contributed by atoms with E-state index in [1.807, 2.05) is 0 Å². The molecule has 1 N–H and O–H groups in total. The minimum atomic E-state index is 0.667. The van der Waals surface area contributed by atoms with Crippen LogP contribution in [0.5, 0.6) is 0 Å². The zero-order valence-corrected chi connectivity index (χ0v) is 11.2. The second kappa shape index (κ2) is 9.13. The number of likely N-dealkylation sites (N-methyl/N-ethyl adjacent to an activating group) is 1. The fourth-order valence-electron chi connectivity index (χ4n) is 1.57. The van der Waals surface area contributed by atoms with Crippen LogP contribution in [0, 0.1) is 0 Å². The Morgan fingerprint density at radius 3 is 2.07 bits per heavy atom. The van der Waals surface area contributed by atoms with Gasteiger partial charge in [-0.15, -0.1) is 0 Å². The van der Waals surface area contributed by atoms with Crippen LogP contribution in [0.3, 0.4) is 0 Å². The third-order valence-electron chi connectivity index (χ3n) is 2.55. The molecular formula is C12H29N3. The van der Waals surface area contributed by atoms with Crippen molar-refractivity contribution in [1.82, 2.24) is 15.1 Å². The van der Waals surface area contributed by atoms with Gasteiger partial charge in [0.1, 0.15) is 0 Å². The highest BCUT2D eigenvalue weighted by Crippen LogP contribution is 1.97. The number of hydrogen-bond donors (Lipinski definition) is 1. The molecule has 15 heavy (non-hydrogen) atoms. The molecule has 0 aliphatic carbocycles. The van der Waals surface area contributed by atoms with Crippen molar-refractivity contribution in [3.05, 3.63) is 0 Å². The molecule has 0 fully saturated rings. The average molecular weight is 215 g/mol. The maximum absolute atomic E-state index is 3.48. The Morgan fingerprint density at radius 1 is 1.00 bits per heavy atom. The standard InChI is InChI=1S/C12H29N3/c1-6-9-15(12(2)3)11-8-13-7-10-14(4)5/h12-13H,6-11H2,1-5H3. The molecule has 0 bridgehead atoms. The van der Waals surface area contributed by atoms with E-state index >= 15 is 0 Å². The van der Waals surface area contributed by atoms with Gasteiger partial charge in [-0.05, 0) is 40.9 Å². The van der Waals surface area contributed by atoms with E-state index < -0.39 is 0 Å². The smallest absolute Gasteiger partial charge is 0.0110 e. The Kier molecular flexibility index (Phi) is 9.06. The van der Waals surface area contributed by atoms with Crippen molar-refractivity contribution < 1.29 is 0 Å². The minimum absolute atomic E-state index is 0.667. The lowest BCUT2D eigenvalue weighted by Gasteiger charge is -2.26. The predicted molar refractivity (Wildman–Crippen MR) is 68.4 cm³/mol. The molecule has 0 saturated carbocycles. The van der Waals surface area contributed by atoms with Gasteiger partial charge >= 0.3 is 0 Å². The fraction of sp³-hybridized carbons (Fsp3) is 1.00. The van der Waals surface area contributed by atoms with Crippen molar-refractivity contribution in [3.8, 4) is 0 Å². The first-order valence-corrected chi connectivity index (χ1v) is 6.17. The van der Waals surface area contributed by atoms with Crippen LogP contribution >= 0.6 is 0 Å². The number of nitrogens with one attached hydrogen (secondary N) is 1. The number of hydrogen-bond acceptors (Lipinski definition) is 3. The summed E-state index contributed by atoms with van der Waals surface area (Å²) in [6.07, 6.45) is 1.25. The number of rotatable bonds is 9. The van der Waals surface area contributed by atoms with E-state index in [0.29, 0.717) is 6.04 Å². The van der Waals surface area contributed by atoms with Gasteiger partial charge in [-0.25, -0.2) is 0 Å². The summed E-state index contributed by atoms with van der Waals surface area (Å²) in [6.45, 7) is 12.5. The van der Waals surface area contributed by atoms with Crippen molar-refractivity contribution in [3.63, 3.8) is 0 Å². The first kappa shape index (κ1) is 14.9. The first-order chi connectivity index (χ1) is 7.07. The summed E-state index contributed by atoms with van der Waals surface area (Å²) in [5.74, 6) is 0. The van der Waals surface area contributed by atoms with Crippen molar-refractivity contribution in [2.45, 2.75) is 33.2 Å². The number of nitrogens with zero attached hydrogens (tertiary/aromatic N) is 2. The molecule has 3 nitrogen and oxygen atoms in total. The predicted octanol–water partition coefficient (Wildman–Crippen LogP) is 1.26. The molecule has 0 unspecified atom stereocenters. The Balaban J connectivity index is 3.45. The lowest BCUT2D eigenvalue weighted by Crippen LogP contribution is -2.38. The average Bonchev–Trinajstić information content (AvgIpc) is 2.15. The summed E-state index contributed by atoms with van der Waals surface area (Å²) in [7, 11) is 4.22. The van der Waals surface area contributed by atoms with Gasteiger partial charge in [0.25, 0.3) is 0 Å². The van der Waals surface area contributed by atoms with Crippen LogP contribution in [0.25, 0.3) is 0 Å². The summed E-state index contributed by atoms with van der Waals surface area (Å²) in [5.41, 5.74) is 0. The third-order valence-corrected chi connectivity index (χ3v) is 2.55. The van der Waals surface area contributed by atoms with Gasteiger partial charge in [0.05, 0.1) is 0 Å². The highest BCUT2D eigenvalue weighted by Gasteiger charge is 2.06.